The third-order valence-electron chi connectivity index (χ3n) is 3.81. The van der Waals surface area contributed by atoms with Gasteiger partial charge in [-0.1, -0.05) is 35.9 Å². The van der Waals surface area contributed by atoms with Gasteiger partial charge in [0.2, 0.25) is 11.8 Å². The Kier molecular flexibility index (Phi) is 5.05. The number of nitrogens with one attached hydrogen (secondary N) is 1. The predicted octanol–water partition coefficient (Wildman–Crippen LogP) is 0.268. The quantitative estimate of drug-likeness (QED) is 0.722. The van der Waals surface area contributed by atoms with E-state index in [1.807, 2.05) is 19.9 Å². The summed E-state index contributed by atoms with van der Waals surface area (Å²) in [5, 5.41) is 3.90. The number of aromatic nitrogens is 2. The molecule has 0 saturated carbocycles. The van der Waals surface area contributed by atoms with E-state index in [2.05, 4.69) is 21.2 Å². The molecule has 1 unspecified atom stereocenters. The summed E-state index contributed by atoms with van der Waals surface area (Å²) >= 11 is 3.50. The van der Waals surface area contributed by atoms with Crippen LogP contribution in [0.15, 0.2) is 4.79 Å². The Morgan fingerprint density at radius 2 is 1.91 bits per heavy atom. The van der Waals surface area contributed by atoms with Gasteiger partial charge >= 0.3 is 5.69 Å². The molecule has 1 saturated heterocycles. The van der Waals surface area contributed by atoms with E-state index in [9.17, 15) is 14.4 Å². The molecular weight excluding hydrogens is 350 g/mol. The highest BCUT2D eigenvalue weighted by atomic mass is 79.9. The molecule has 1 aromatic heterocycles. The molecule has 1 atom stereocenters. The van der Waals surface area contributed by atoms with Gasteiger partial charge in [0.1, 0.15) is 6.04 Å². The van der Waals surface area contributed by atoms with E-state index in [1.54, 1.807) is 11.6 Å². The van der Waals surface area contributed by atoms with Crippen molar-refractivity contribution in [2.45, 2.75) is 45.6 Å². The molecule has 0 radical (unpaired) electrons. The van der Waals surface area contributed by atoms with Crippen molar-refractivity contribution < 1.29 is 9.59 Å². The maximum atomic E-state index is 12.4. The van der Waals surface area contributed by atoms with E-state index in [4.69, 9.17) is 0 Å². The van der Waals surface area contributed by atoms with Crippen LogP contribution in [0.3, 0.4) is 0 Å². The smallest absolute Gasteiger partial charge is 0.295 e. The van der Waals surface area contributed by atoms with Crippen molar-refractivity contribution in [2.24, 2.45) is 7.05 Å². The van der Waals surface area contributed by atoms with Crippen molar-refractivity contribution in [1.29, 1.82) is 0 Å². The number of halogens is 1. The van der Waals surface area contributed by atoms with Gasteiger partial charge in [0.15, 0.2) is 0 Å². The maximum absolute atomic E-state index is 12.4. The van der Waals surface area contributed by atoms with Gasteiger partial charge in [-0.25, -0.2) is 4.79 Å². The lowest BCUT2D eigenvalue weighted by Gasteiger charge is -2.21. The standard InChI is InChI=1S/C13H14BrN3O3.C2H6/c1-16-11-7(14)3-2-4-8(11)17(13(16)20)9-5-6-10(18)15-12(9)19;1-2/h4,9H,2-3,5-6H2,1H3,(H,15,18,19);1-2H3. The summed E-state index contributed by atoms with van der Waals surface area (Å²) < 4.78 is 4.04. The van der Waals surface area contributed by atoms with Crippen LogP contribution in [0.1, 0.15) is 45.6 Å². The van der Waals surface area contributed by atoms with E-state index in [0.29, 0.717) is 6.42 Å². The van der Waals surface area contributed by atoms with E-state index < -0.39 is 11.9 Å². The lowest BCUT2D eigenvalue weighted by molar-refractivity contribution is -0.135. The van der Waals surface area contributed by atoms with Crippen molar-refractivity contribution in [3.8, 4) is 0 Å². The SMILES string of the molecule is CC.Cn1c2c(n(C3CCC(=O)NC3=O)c1=O)=CCCC=2Br. The van der Waals surface area contributed by atoms with E-state index in [0.717, 1.165) is 28.0 Å². The Bertz CT molecular complexity index is 788. The van der Waals surface area contributed by atoms with E-state index in [1.165, 1.54) is 4.57 Å². The van der Waals surface area contributed by atoms with Crippen LogP contribution in [0.25, 0.3) is 10.6 Å². The van der Waals surface area contributed by atoms with Crippen LogP contribution in [-0.2, 0) is 16.6 Å². The number of carbonyl (C=O) groups is 2. The van der Waals surface area contributed by atoms with Crippen LogP contribution in [-0.4, -0.2) is 20.9 Å². The first-order valence-electron chi connectivity index (χ1n) is 7.50. The van der Waals surface area contributed by atoms with Crippen molar-refractivity contribution in [1.82, 2.24) is 14.5 Å². The minimum Gasteiger partial charge on any atom is -0.295 e. The lowest BCUT2D eigenvalue weighted by atomic mass is 10.1. The summed E-state index contributed by atoms with van der Waals surface area (Å²) in [7, 11) is 1.70. The van der Waals surface area contributed by atoms with Crippen molar-refractivity contribution in [3.05, 3.63) is 21.2 Å². The molecule has 2 heterocycles. The molecule has 2 aliphatic rings. The zero-order valence-electron chi connectivity index (χ0n) is 13.0. The van der Waals surface area contributed by atoms with Gasteiger partial charge in [-0.05, 0) is 19.3 Å². The summed E-state index contributed by atoms with van der Waals surface area (Å²) in [6, 6.07) is -0.607. The zero-order valence-corrected chi connectivity index (χ0v) is 14.6. The molecule has 0 aromatic carbocycles. The van der Waals surface area contributed by atoms with Crippen LogP contribution >= 0.6 is 15.9 Å². The third kappa shape index (κ3) is 2.69. The van der Waals surface area contributed by atoms with Gasteiger partial charge < -0.3 is 0 Å². The highest BCUT2D eigenvalue weighted by Crippen LogP contribution is 2.17. The lowest BCUT2D eigenvalue weighted by Crippen LogP contribution is -2.48. The molecule has 1 fully saturated rings. The second-order valence-electron chi connectivity index (χ2n) is 5.06. The molecular formula is C15H20BrN3O3. The fraction of sp³-hybridized carbons (Fsp3) is 0.533. The molecule has 2 amide bonds. The molecule has 120 valence electrons. The fourth-order valence-corrected chi connectivity index (χ4v) is 3.54. The Labute approximate surface area is 136 Å². The molecule has 1 aliphatic carbocycles. The predicted molar refractivity (Wildman–Crippen MR) is 87.7 cm³/mol. The summed E-state index contributed by atoms with van der Waals surface area (Å²) in [6.45, 7) is 4.00. The minimum absolute atomic E-state index is 0.223. The van der Waals surface area contributed by atoms with Gasteiger partial charge in [-0.2, -0.15) is 0 Å². The second-order valence-corrected chi connectivity index (χ2v) is 6.02. The number of hydrogen-bond donors (Lipinski definition) is 1. The summed E-state index contributed by atoms with van der Waals surface area (Å²) in [5.74, 6) is -0.673. The molecule has 7 heteroatoms. The van der Waals surface area contributed by atoms with Gasteiger partial charge in [0, 0.05) is 18.0 Å². The maximum Gasteiger partial charge on any atom is 0.329 e. The topological polar surface area (TPSA) is 73.1 Å². The minimum atomic E-state index is -0.607. The number of hydrogen-bond acceptors (Lipinski definition) is 3. The highest BCUT2D eigenvalue weighted by Gasteiger charge is 2.31. The highest BCUT2D eigenvalue weighted by molar-refractivity contribution is 9.14. The third-order valence-corrected chi connectivity index (χ3v) is 4.58. The van der Waals surface area contributed by atoms with Crippen LogP contribution in [0.2, 0.25) is 0 Å². The Hall–Kier alpha value is -1.63. The number of imide groups is 1. The van der Waals surface area contributed by atoms with Crippen molar-refractivity contribution in [3.63, 3.8) is 0 Å². The van der Waals surface area contributed by atoms with Crippen molar-refractivity contribution in [2.75, 3.05) is 0 Å². The second kappa shape index (κ2) is 6.64. The van der Waals surface area contributed by atoms with Crippen LogP contribution in [0.4, 0.5) is 0 Å². The van der Waals surface area contributed by atoms with Gasteiger partial charge in [-0.15, -0.1) is 0 Å². The number of amides is 2. The molecule has 1 N–H and O–H groups in total. The summed E-state index contributed by atoms with van der Waals surface area (Å²) in [4.78, 5) is 35.7. The first-order chi connectivity index (χ1) is 10.5. The molecule has 1 aromatic rings. The molecule has 1 aliphatic heterocycles. The number of rotatable bonds is 1. The largest absolute Gasteiger partial charge is 0.329 e. The Morgan fingerprint density at radius 1 is 1.23 bits per heavy atom. The number of carbonyl (C=O) groups excluding carboxylic acids is 2. The first kappa shape index (κ1) is 16.7. The monoisotopic (exact) mass is 369 g/mol. The van der Waals surface area contributed by atoms with E-state index >= 15 is 0 Å². The first-order valence-corrected chi connectivity index (χ1v) is 8.30. The summed E-state index contributed by atoms with van der Waals surface area (Å²) in [5.41, 5.74) is -0.223. The molecule has 3 rings (SSSR count). The average molecular weight is 370 g/mol. The average Bonchev–Trinajstić information content (AvgIpc) is 2.75. The number of fused-ring (bicyclic) bond motifs is 1. The number of nitrogens with zero attached hydrogens (tertiary/aromatic N) is 2. The van der Waals surface area contributed by atoms with Gasteiger partial charge in [0.05, 0.1) is 10.7 Å². The van der Waals surface area contributed by atoms with Crippen molar-refractivity contribution >= 4 is 38.3 Å². The van der Waals surface area contributed by atoms with Crippen LogP contribution in [0, 0.1) is 0 Å². The number of imidazole rings is 1. The van der Waals surface area contributed by atoms with Gasteiger partial charge in [0.25, 0.3) is 0 Å². The molecule has 0 bridgehead atoms. The number of piperidine rings is 1. The summed E-state index contributed by atoms with van der Waals surface area (Å²) in [6.07, 6.45) is 4.28. The molecule has 6 nitrogen and oxygen atoms in total. The van der Waals surface area contributed by atoms with E-state index in [-0.39, 0.29) is 18.0 Å². The van der Waals surface area contributed by atoms with Crippen LogP contribution in [0.5, 0.6) is 0 Å². The zero-order chi connectivity index (χ0) is 16.4. The van der Waals surface area contributed by atoms with Gasteiger partial charge in [-0.3, -0.25) is 24.0 Å². The Morgan fingerprint density at radius 3 is 2.55 bits per heavy atom. The fourth-order valence-electron chi connectivity index (χ4n) is 2.85. The van der Waals surface area contributed by atoms with Crippen LogP contribution < -0.4 is 21.7 Å². The molecule has 0 spiro atoms. The Balaban J connectivity index is 0.000000847. The molecule has 22 heavy (non-hydrogen) atoms. The normalized spacial score (nSPS) is 20.5.